The fourth-order valence-corrected chi connectivity index (χ4v) is 0. The molecule has 0 heterocycles. The molecule has 0 N–H and O–H groups in total. The van der Waals surface area contributed by atoms with Crippen molar-refractivity contribution in [3.8, 4) is 0 Å². The first-order valence-corrected chi connectivity index (χ1v) is 6.95. The van der Waals surface area contributed by atoms with Crippen LogP contribution in [0, 0.1) is 0 Å². The Morgan fingerprint density at radius 3 is 0.333 bits per heavy atom. The summed E-state index contributed by atoms with van der Waals surface area (Å²) in [7, 11) is 0. The fourth-order valence-electron chi connectivity index (χ4n) is 0. The van der Waals surface area contributed by atoms with Crippen LogP contribution in [-0.4, -0.2) is 30.5 Å². The number of rotatable bonds is 0. The van der Waals surface area contributed by atoms with Crippen molar-refractivity contribution in [2.24, 2.45) is 0 Å². The molecular weight excluding hydrogens is 351 g/mol. The molecule has 0 aromatic rings. The van der Waals surface area contributed by atoms with Gasteiger partial charge in [0.1, 0.15) is 0 Å². The first-order chi connectivity index (χ1) is 8.66. The van der Waals surface area contributed by atoms with E-state index in [1.54, 1.807) is 69.2 Å². The van der Waals surface area contributed by atoms with Crippen LogP contribution in [0.5, 0.6) is 0 Å². The first kappa shape index (κ1) is 37.7. The van der Waals surface area contributed by atoms with E-state index < -0.39 is 30.5 Å². The minimum absolute atomic E-state index is 0. The molecule has 0 atom stereocenters. The Hall–Kier alpha value is 0.683. The largest absolute Gasteiger partial charge is 0.852 e. The van der Waals surface area contributed by atoms with E-state index in [1.165, 1.54) is 0 Å². The van der Waals surface area contributed by atoms with E-state index in [9.17, 15) is 25.5 Å². The van der Waals surface area contributed by atoms with Gasteiger partial charge in [-0.1, -0.05) is 69.2 Å². The maximum Gasteiger partial charge on any atom is 0 e. The van der Waals surface area contributed by atoms with Crippen molar-refractivity contribution < 1.29 is 51.7 Å². The van der Waals surface area contributed by atoms with Crippen LogP contribution in [0.25, 0.3) is 0 Å². The Labute approximate surface area is 151 Å². The van der Waals surface area contributed by atoms with Crippen molar-refractivity contribution in [1.29, 1.82) is 0 Å². The van der Waals surface area contributed by atoms with Crippen LogP contribution in [-0.2, 0) is 26.2 Å². The molecule has 0 saturated carbocycles. The van der Waals surface area contributed by atoms with Crippen LogP contribution in [0.4, 0.5) is 0 Å². The quantitative estimate of drug-likeness (QED) is 0.517. The average Bonchev–Trinajstić information content (AvgIpc) is 1.94. The van der Waals surface area contributed by atoms with E-state index in [1.807, 2.05) is 0 Å². The van der Waals surface area contributed by atoms with Crippen molar-refractivity contribution in [1.82, 2.24) is 0 Å². The minimum atomic E-state index is -0.417. The maximum absolute atomic E-state index is 9.53. The molecule has 0 amide bonds. The van der Waals surface area contributed by atoms with Crippen LogP contribution in [0.3, 0.4) is 0 Å². The first-order valence-electron chi connectivity index (χ1n) is 6.95. The van der Waals surface area contributed by atoms with Gasteiger partial charge in [0.15, 0.2) is 0 Å². The molecule has 0 unspecified atom stereocenters. The summed E-state index contributed by atoms with van der Waals surface area (Å²) in [6, 6.07) is 0. The predicted molar refractivity (Wildman–Crippen MR) is 75.7 cm³/mol. The van der Waals surface area contributed by atoms with Gasteiger partial charge < -0.3 is 25.5 Å². The minimum Gasteiger partial charge on any atom is -0.852 e. The van der Waals surface area contributed by atoms with Gasteiger partial charge in [-0.2, -0.15) is 0 Å². The van der Waals surface area contributed by atoms with Gasteiger partial charge in [-0.3, -0.25) is 0 Å². The second-order valence-electron chi connectivity index (χ2n) is 5.24. The third-order valence-electron chi connectivity index (χ3n) is 0. The summed E-state index contributed by atoms with van der Waals surface area (Å²) >= 11 is 0. The molecule has 0 rings (SSSR count). The van der Waals surface area contributed by atoms with Crippen LogP contribution >= 0.6 is 0 Å². The summed E-state index contributed by atoms with van der Waals surface area (Å²) in [6.07, 6.45) is -2.08. The van der Waals surface area contributed by atoms with Gasteiger partial charge in [0.25, 0.3) is 0 Å². The Bertz CT molecular complexity index is 80.6. The second kappa shape index (κ2) is 32.6. The summed E-state index contributed by atoms with van der Waals surface area (Å²) in [5.41, 5.74) is 0. The third-order valence-corrected chi connectivity index (χ3v) is 0. The summed E-state index contributed by atoms with van der Waals surface area (Å²) in [4.78, 5) is 0. The Morgan fingerprint density at radius 2 is 0.333 bits per heavy atom. The summed E-state index contributed by atoms with van der Waals surface area (Å²) < 4.78 is 0. The molecule has 0 aliphatic heterocycles. The van der Waals surface area contributed by atoms with E-state index in [-0.39, 0.29) is 26.2 Å². The Morgan fingerprint density at radius 1 is 0.333 bits per heavy atom. The monoisotopic (exact) mass is 385 g/mol. The van der Waals surface area contributed by atoms with Crippen LogP contribution in [0.15, 0.2) is 0 Å². The molecule has 134 valence electrons. The molecule has 6 heteroatoms. The summed E-state index contributed by atoms with van der Waals surface area (Å²) in [6.45, 7) is 16.1. The third kappa shape index (κ3) is 15500. The van der Waals surface area contributed by atoms with Gasteiger partial charge in [0.2, 0.25) is 0 Å². The Kier molecular flexibility index (Phi) is 58.5. The van der Waals surface area contributed by atoms with Crippen molar-refractivity contribution >= 4 is 0 Å². The molecule has 0 aromatic heterocycles. The van der Waals surface area contributed by atoms with E-state index in [4.69, 9.17) is 0 Å². The Balaban J connectivity index is -0.0000000331. The molecular formula is C15H35O5Zr-5. The zero-order valence-electron chi connectivity index (χ0n) is 15.4. The van der Waals surface area contributed by atoms with E-state index in [2.05, 4.69) is 0 Å². The summed E-state index contributed by atoms with van der Waals surface area (Å²) in [5.74, 6) is 0. The standard InChI is InChI=1S/5C3H7O.Zr/c5*1-3(2)4;/h5*3H,1-2H3;/q5*-1;. The maximum atomic E-state index is 9.53. The number of hydrogen-bond donors (Lipinski definition) is 0. The van der Waals surface area contributed by atoms with Gasteiger partial charge in [0.05, 0.1) is 0 Å². The molecule has 0 spiro atoms. The van der Waals surface area contributed by atoms with Crippen LogP contribution in [0.1, 0.15) is 69.2 Å². The van der Waals surface area contributed by atoms with Crippen LogP contribution in [0.2, 0.25) is 0 Å². The molecule has 0 bridgehead atoms. The predicted octanol–water partition coefficient (Wildman–Crippen LogP) is -1.23. The fraction of sp³-hybridized carbons (Fsp3) is 1.00. The van der Waals surface area contributed by atoms with E-state index in [0.717, 1.165) is 0 Å². The van der Waals surface area contributed by atoms with E-state index >= 15 is 0 Å². The van der Waals surface area contributed by atoms with Gasteiger partial charge in [-0.15, -0.1) is 30.5 Å². The van der Waals surface area contributed by atoms with Gasteiger partial charge in [0, 0.05) is 26.2 Å². The SMILES string of the molecule is CC(C)[O-].CC(C)[O-].CC(C)[O-].CC(C)[O-].CC(C)[O-].[Zr]. The molecule has 0 radical (unpaired) electrons. The van der Waals surface area contributed by atoms with Gasteiger partial charge in [-0.05, 0) is 0 Å². The topological polar surface area (TPSA) is 115 Å². The van der Waals surface area contributed by atoms with Gasteiger partial charge >= 0.3 is 0 Å². The zero-order valence-corrected chi connectivity index (χ0v) is 17.9. The molecule has 5 nitrogen and oxygen atoms in total. The molecule has 21 heavy (non-hydrogen) atoms. The molecule has 0 aromatic carbocycles. The summed E-state index contributed by atoms with van der Waals surface area (Å²) in [5, 5.41) is 47.6. The second-order valence-corrected chi connectivity index (χ2v) is 5.24. The van der Waals surface area contributed by atoms with E-state index in [0.29, 0.717) is 0 Å². The smallest absolute Gasteiger partial charge is 0 e. The molecule has 0 aliphatic carbocycles. The van der Waals surface area contributed by atoms with Crippen molar-refractivity contribution in [2.75, 3.05) is 0 Å². The van der Waals surface area contributed by atoms with Gasteiger partial charge in [-0.25, -0.2) is 0 Å². The zero-order chi connectivity index (χ0) is 17.9. The molecule has 0 saturated heterocycles. The van der Waals surface area contributed by atoms with Crippen molar-refractivity contribution in [2.45, 2.75) is 99.8 Å². The van der Waals surface area contributed by atoms with Crippen molar-refractivity contribution in [3.05, 3.63) is 0 Å². The normalized spacial score (nSPS) is 8.57. The molecule has 0 aliphatic rings. The van der Waals surface area contributed by atoms with Crippen LogP contribution < -0.4 is 25.5 Å². The van der Waals surface area contributed by atoms with Crippen molar-refractivity contribution in [3.63, 3.8) is 0 Å². The molecule has 0 fully saturated rings. The average molecular weight is 387 g/mol. The number of hydrogen-bond acceptors (Lipinski definition) is 5.